The first kappa shape index (κ1) is 7.80. The van der Waals surface area contributed by atoms with Crippen LogP contribution in [0.5, 0.6) is 0 Å². The number of imidazole rings is 1. The van der Waals surface area contributed by atoms with E-state index in [1.54, 1.807) is 0 Å². The lowest BCUT2D eigenvalue weighted by molar-refractivity contribution is 0.321. The Hall–Kier alpha value is -0.830. The van der Waals surface area contributed by atoms with E-state index in [-0.39, 0.29) is 0 Å². The van der Waals surface area contributed by atoms with Crippen molar-refractivity contribution in [2.45, 2.75) is 32.4 Å². The number of hydrogen-bond acceptors (Lipinski definition) is 2. The van der Waals surface area contributed by atoms with Crippen molar-refractivity contribution >= 4 is 0 Å². The fourth-order valence-electron chi connectivity index (χ4n) is 1.82. The molecule has 1 aliphatic rings. The third-order valence-corrected chi connectivity index (χ3v) is 2.72. The Kier molecular flexibility index (Phi) is 1.89. The monoisotopic (exact) mass is 165 g/mol. The predicted molar refractivity (Wildman–Crippen MR) is 47.7 cm³/mol. The summed E-state index contributed by atoms with van der Waals surface area (Å²) in [5.41, 5.74) is 5.86. The molecule has 3 heteroatoms. The minimum atomic E-state index is 0.306. The molecule has 0 bridgehead atoms. The van der Waals surface area contributed by atoms with Gasteiger partial charge in [-0.2, -0.15) is 0 Å². The van der Waals surface area contributed by atoms with Gasteiger partial charge in [0.15, 0.2) is 0 Å². The molecule has 2 atom stereocenters. The second-order valence-electron chi connectivity index (χ2n) is 3.65. The molecular weight excluding hydrogens is 150 g/mol. The molecule has 1 aromatic heterocycles. The van der Waals surface area contributed by atoms with Gasteiger partial charge in [-0.05, 0) is 19.3 Å². The zero-order valence-electron chi connectivity index (χ0n) is 7.40. The van der Waals surface area contributed by atoms with Crippen LogP contribution in [0.1, 0.15) is 19.2 Å². The van der Waals surface area contributed by atoms with Gasteiger partial charge in [0.25, 0.3) is 0 Å². The summed E-state index contributed by atoms with van der Waals surface area (Å²) in [6.45, 7) is 3.14. The van der Waals surface area contributed by atoms with Crippen molar-refractivity contribution in [1.82, 2.24) is 9.55 Å². The summed E-state index contributed by atoms with van der Waals surface area (Å²) in [5.74, 6) is 1.85. The Balaban J connectivity index is 2.15. The lowest BCUT2D eigenvalue weighted by Gasteiger charge is -2.26. The van der Waals surface area contributed by atoms with Gasteiger partial charge in [-0.3, -0.25) is 0 Å². The highest BCUT2D eigenvalue weighted by atomic mass is 15.1. The average molecular weight is 165 g/mol. The lowest BCUT2D eigenvalue weighted by Crippen LogP contribution is -2.33. The van der Waals surface area contributed by atoms with E-state index in [2.05, 4.69) is 16.5 Å². The highest BCUT2D eigenvalue weighted by Gasteiger charge is 2.21. The van der Waals surface area contributed by atoms with Gasteiger partial charge in [-0.1, -0.05) is 0 Å². The van der Waals surface area contributed by atoms with Crippen LogP contribution in [-0.2, 0) is 13.0 Å². The van der Waals surface area contributed by atoms with Crippen molar-refractivity contribution in [3.8, 4) is 0 Å². The van der Waals surface area contributed by atoms with Gasteiger partial charge in [-0.25, -0.2) is 4.98 Å². The molecular formula is C9H15N3. The molecule has 0 saturated heterocycles. The van der Waals surface area contributed by atoms with E-state index in [1.165, 1.54) is 12.2 Å². The maximum atomic E-state index is 5.86. The highest BCUT2D eigenvalue weighted by Crippen LogP contribution is 2.20. The second-order valence-corrected chi connectivity index (χ2v) is 3.65. The molecule has 2 heterocycles. The number of nitrogens with zero attached hydrogens (tertiary/aromatic N) is 2. The summed E-state index contributed by atoms with van der Waals surface area (Å²) >= 11 is 0. The summed E-state index contributed by atoms with van der Waals surface area (Å²) in [7, 11) is 0. The molecule has 1 aliphatic heterocycles. The van der Waals surface area contributed by atoms with E-state index in [0.29, 0.717) is 12.0 Å². The van der Waals surface area contributed by atoms with Gasteiger partial charge in [0.1, 0.15) is 5.82 Å². The zero-order valence-corrected chi connectivity index (χ0v) is 7.40. The molecule has 12 heavy (non-hydrogen) atoms. The Morgan fingerprint density at radius 1 is 1.75 bits per heavy atom. The number of aryl methyl sites for hydroxylation is 1. The average Bonchev–Trinajstić information content (AvgIpc) is 2.49. The van der Waals surface area contributed by atoms with Crippen LogP contribution in [0.3, 0.4) is 0 Å². The molecule has 2 N–H and O–H groups in total. The van der Waals surface area contributed by atoms with Crippen LogP contribution < -0.4 is 5.73 Å². The number of rotatable bonds is 1. The number of fused-ring (bicyclic) bond motifs is 1. The van der Waals surface area contributed by atoms with Crippen molar-refractivity contribution in [3.05, 3.63) is 18.2 Å². The first-order valence-electron chi connectivity index (χ1n) is 4.53. The van der Waals surface area contributed by atoms with E-state index >= 15 is 0 Å². The Bertz CT molecular complexity index is 264. The lowest BCUT2D eigenvalue weighted by atomic mass is 9.93. The van der Waals surface area contributed by atoms with Crippen LogP contribution in [0, 0.1) is 5.92 Å². The topological polar surface area (TPSA) is 43.8 Å². The predicted octanol–water partition coefficient (Wildman–Crippen LogP) is 0.793. The first-order valence-corrected chi connectivity index (χ1v) is 4.53. The van der Waals surface area contributed by atoms with Crippen molar-refractivity contribution < 1.29 is 0 Å². The molecule has 2 unspecified atom stereocenters. The maximum Gasteiger partial charge on any atom is 0.108 e. The Morgan fingerprint density at radius 2 is 2.58 bits per heavy atom. The summed E-state index contributed by atoms with van der Waals surface area (Å²) in [6.07, 6.45) is 6.19. The van der Waals surface area contributed by atoms with Gasteiger partial charge in [-0.15, -0.1) is 0 Å². The molecule has 0 saturated carbocycles. The van der Waals surface area contributed by atoms with Gasteiger partial charge in [0, 0.05) is 31.4 Å². The Labute approximate surface area is 72.6 Å². The molecule has 0 aromatic carbocycles. The third kappa shape index (κ3) is 1.25. The van der Waals surface area contributed by atoms with Gasteiger partial charge in [0.05, 0.1) is 0 Å². The van der Waals surface area contributed by atoms with E-state index in [0.717, 1.165) is 13.0 Å². The van der Waals surface area contributed by atoms with Crippen LogP contribution in [0.15, 0.2) is 12.4 Å². The number of aromatic nitrogens is 2. The molecule has 0 amide bonds. The third-order valence-electron chi connectivity index (χ3n) is 2.72. The van der Waals surface area contributed by atoms with Crippen LogP contribution in [0.25, 0.3) is 0 Å². The van der Waals surface area contributed by atoms with E-state index < -0.39 is 0 Å². The molecule has 0 radical (unpaired) electrons. The van der Waals surface area contributed by atoms with Gasteiger partial charge >= 0.3 is 0 Å². The van der Waals surface area contributed by atoms with E-state index in [4.69, 9.17) is 5.73 Å². The molecule has 2 rings (SSSR count). The summed E-state index contributed by atoms with van der Waals surface area (Å²) in [6, 6.07) is 0.306. The molecule has 66 valence electrons. The molecule has 0 aliphatic carbocycles. The minimum absolute atomic E-state index is 0.306. The minimum Gasteiger partial charge on any atom is -0.335 e. The number of nitrogens with two attached hydrogens (primary N) is 1. The molecule has 0 spiro atoms. The van der Waals surface area contributed by atoms with Crippen LogP contribution in [0.2, 0.25) is 0 Å². The van der Waals surface area contributed by atoms with Crippen molar-refractivity contribution in [2.24, 2.45) is 11.7 Å². The second kappa shape index (κ2) is 2.90. The molecule has 1 aromatic rings. The maximum absolute atomic E-state index is 5.86. The normalized spacial score (nSPS) is 25.0. The summed E-state index contributed by atoms with van der Waals surface area (Å²) < 4.78 is 2.22. The van der Waals surface area contributed by atoms with Gasteiger partial charge in [0.2, 0.25) is 0 Å². The highest BCUT2D eigenvalue weighted by molar-refractivity contribution is 4.97. The summed E-state index contributed by atoms with van der Waals surface area (Å²) in [5, 5.41) is 0. The van der Waals surface area contributed by atoms with E-state index in [9.17, 15) is 0 Å². The fraction of sp³-hybridized carbons (Fsp3) is 0.667. The van der Waals surface area contributed by atoms with Crippen molar-refractivity contribution in [3.63, 3.8) is 0 Å². The Morgan fingerprint density at radius 3 is 3.33 bits per heavy atom. The molecule has 3 nitrogen and oxygen atoms in total. The van der Waals surface area contributed by atoms with Crippen LogP contribution in [0.4, 0.5) is 0 Å². The quantitative estimate of drug-likeness (QED) is 0.668. The standard InChI is InChI=1S/C9H15N3/c1-7(10)8-2-3-9-11-4-5-12(9)6-8/h4-5,7-8H,2-3,6,10H2,1H3. The SMILES string of the molecule is CC(N)C1CCc2nccn2C1. The fourth-order valence-corrected chi connectivity index (χ4v) is 1.82. The van der Waals surface area contributed by atoms with Crippen molar-refractivity contribution in [2.75, 3.05) is 0 Å². The summed E-state index contributed by atoms with van der Waals surface area (Å²) in [4.78, 5) is 4.27. The largest absolute Gasteiger partial charge is 0.335 e. The smallest absolute Gasteiger partial charge is 0.108 e. The molecule has 0 fully saturated rings. The van der Waals surface area contributed by atoms with Crippen LogP contribution >= 0.6 is 0 Å². The van der Waals surface area contributed by atoms with Crippen LogP contribution in [-0.4, -0.2) is 15.6 Å². The zero-order chi connectivity index (χ0) is 8.55. The van der Waals surface area contributed by atoms with Crippen molar-refractivity contribution in [1.29, 1.82) is 0 Å². The van der Waals surface area contributed by atoms with E-state index in [1.807, 2.05) is 12.4 Å². The number of hydrogen-bond donors (Lipinski definition) is 1. The van der Waals surface area contributed by atoms with Gasteiger partial charge < -0.3 is 10.3 Å². The first-order chi connectivity index (χ1) is 5.77.